The van der Waals surface area contributed by atoms with Crippen molar-refractivity contribution in [2.75, 3.05) is 6.54 Å². The van der Waals surface area contributed by atoms with E-state index >= 15 is 0 Å². The van der Waals surface area contributed by atoms with E-state index in [4.69, 9.17) is 0 Å². The number of nitrogens with one attached hydrogen (secondary N) is 1. The molecule has 3 amide bonds. The Bertz CT molecular complexity index is 1520. The Balaban J connectivity index is 1.50. The summed E-state index contributed by atoms with van der Waals surface area (Å²) in [5, 5.41) is 3.14. The van der Waals surface area contributed by atoms with Crippen LogP contribution in [0.3, 0.4) is 0 Å². The van der Waals surface area contributed by atoms with Gasteiger partial charge in [-0.05, 0) is 48.6 Å². The first-order valence-corrected chi connectivity index (χ1v) is 15.0. The van der Waals surface area contributed by atoms with Crippen LogP contribution in [0.4, 0.5) is 0 Å². The highest BCUT2D eigenvalue weighted by atomic mass is 32.2. The molecule has 0 bridgehead atoms. The molecule has 1 aliphatic heterocycles. The lowest BCUT2D eigenvalue weighted by Crippen LogP contribution is -2.54. The zero-order valence-corrected chi connectivity index (χ0v) is 23.3. The first-order valence-electron chi connectivity index (χ1n) is 13.6. The Labute approximate surface area is 235 Å². The van der Waals surface area contributed by atoms with Crippen molar-refractivity contribution < 1.29 is 22.8 Å². The van der Waals surface area contributed by atoms with Crippen molar-refractivity contribution in [3.8, 4) is 0 Å². The number of nitrogens with zero attached hydrogens (tertiary/aromatic N) is 2. The van der Waals surface area contributed by atoms with Crippen molar-refractivity contribution in [3.05, 3.63) is 101 Å². The van der Waals surface area contributed by atoms with Gasteiger partial charge in [-0.2, -0.15) is 0 Å². The van der Waals surface area contributed by atoms with E-state index < -0.39 is 34.4 Å². The van der Waals surface area contributed by atoms with Gasteiger partial charge in [-0.3, -0.25) is 14.4 Å². The standard InChI is InChI=1S/C31H33N3O5S/c1-22-11-5-6-14-24(22)20-33(29(35)21-34-31(37)26-17-9-10-18-28(26)40(34,38)39)27(19-23-12-3-2-4-13-23)30(36)32-25-15-7-8-16-25/h2-6,9-14,17-18,25,27H,7-8,15-16,19-21H2,1H3,(H,32,36). The van der Waals surface area contributed by atoms with Gasteiger partial charge in [0.25, 0.3) is 15.9 Å². The smallest absolute Gasteiger partial charge is 0.269 e. The number of sulfonamides is 1. The molecule has 1 N–H and O–H groups in total. The van der Waals surface area contributed by atoms with E-state index in [0.717, 1.165) is 42.4 Å². The summed E-state index contributed by atoms with van der Waals surface area (Å²) in [6.07, 6.45) is 4.09. The number of hydrogen-bond donors (Lipinski definition) is 1. The molecule has 208 valence electrons. The summed E-state index contributed by atoms with van der Waals surface area (Å²) in [6.45, 7) is 1.33. The van der Waals surface area contributed by atoms with E-state index in [1.807, 2.05) is 61.5 Å². The number of benzene rings is 3. The molecule has 1 atom stereocenters. The Morgan fingerprint density at radius 3 is 2.30 bits per heavy atom. The minimum Gasteiger partial charge on any atom is -0.352 e. The number of hydrogen-bond acceptors (Lipinski definition) is 5. The summed E-state index contributed by atoms with van der Waals surface area (Å²) in [7, 11) is -4.19. The largest absolute Gasteiger partial charge is 0.352 e. The van der Waals surface area contributed by atoms with Gasteiger partial charge in [0, 0.05) is 19.0 Å². The highest BCUT2D eigenvalue weighted by Crippen LogP contribution is 2.30. The second-order valence-electron chi connectivity index (χ2n) is 10.5. The summed E-state index contributed by atoms with van der Waals surface area (Å²) in [4.78, 5) is 42.3. The molecule has 2 aliphatic rings. The van der Waals surface area contributed by atoms with Crippen LogP contribution in [0.2, 0.25) is 0 Å². The predicted molar refractivity (Wildman–Crippen MR) is 151 cm³/mol. The van der Waals surface area contributed by atoms with E-state index in [-0.39, 0.29) is 35.4 Å². The summed E-state index contributed by atoms with van der Waals surface area (Å²) >= 11 is 0. The van der Waals surface area contributed by atoms with Gasteiger partial charge in [-0.25, -0.2) is 12.7 Å². The molecule has 0 aromatic heterocycles. The fourth-order valence-corrected chi connectivity index (χ4v) is 7.01. The van der Waals surface area contributed by atoms with Crippen molar-refractivity contribution in [2.45, 2.75) is 62.6 Å². The summed E-state index contributed by atoms with van der Waals surface area (Å²) < 4.78 is 27.1. The second-order valence-corrected chi connectivity index (χ2v) is 12.3. The van der Waals surface area contributed by atoms with Gasteiger partial charge in [0.1, 0.15) is 17.5 Å². The quantitative estimate of drug-likeness (QED) is 0.429. The van der Waals surface area contributed by atoms with Gasteiger partial charge in [-0.1, -0.05) is 79.6 Å². The molecule has 5 rings (SSSR count). The minimum atomic E-state index is -4.19. The van der Waals surface area contributed by atoms with Crippen molar-refractivity contribution in [3.63, 3.8) is 0 Å². The van der Waals surface area contributed by atoms with Crippen molar-refractivity contribution >= 4 is 27.7 Å². The van der Waals surface area contributed by atoms with Crippen LogP contribution in [0.15, 0.2) is 83.8 Å². The normalized spacial score (nSPS) is 16.9. The molecule has 0 spiro atoms. The SMILES string of the molecule is Cc1ccccc1CN(C(=O)CN1C(=O)c2ccccc2S1(=O)=O)C(Cc1ccccc1)C(=O)NC1CCCC1. The van der Waals surface area contributed by atoms with E-state index in [0.29, 0.717) is 4.31 Å². The zero-order chi connectivity index (χ0) is 28.3. The van der Waals surface area contributed by atoms with Crippen LogP contribution < -0.4 is 5.32 Å². The lowest BCUT2D eigenvalue weighted by Gasteiger charge is -2.33. The summed E-state index contributed by atoms with van der Waals surface area (Å²) in [5.41, 5.74) is 2.68. The highest BCUT2D eigenvalue weighted by Gasteiger charge is 2.43. The number of rotatable bonds is 9. The van der Waals surface area contributed by atoms with Gasteiger partial charge in [0.05, 0.1) is 5.56 Å². The summed E-state index contributed by atoms with van der Waals surface area (Å²) in [6, 6.07) is 22.1. The van der Waals surface area contributed by atoms with Crippen LogP contribution in [0, 0.1) is 6.92 Å². The Hall–Kier alpha value is -3.98. The monoisotopic (exact) mass is 559 g/mol. The van der Waals surface area contributed by atoms with Gasteiger partial charge in [0.2, 0.25) is 11.8 Å². The second kappa shape index (κ2) is 11.6. The molecule has 0 radical (unpaired) electrons. The highest BCUT2D eigenvalue weighted by molar-refractivity contribution is 7.90. The Morgan fingerprint density at radius 1 is 0.950 bits per heavy atom. The molecule has 9 heteroatoms. The Morgan fingerprint density at radius 2 is 1.60 bits per heavy atom. The topological polar surface area (TPSA) is 104 Å². The third-order valence-corrected chi connectivity index (χ3v) is 9.55. The van der Waals surface area contributed by atoms with Crippen LogP contribution in [0.25, 0.3) is 0 Å². The van der Waals surface area contributed by atoms with Crippen LogP contribution in [0.1, 0.15) is 52.7 Å². The molecule has 40 heavy (non-hydrogen) atoms. The molecule has 8 nitrogen and oxygen atoms in total. The number of aryl methyl sites for hydroxylation is 1. The van der Waals surface area contributed by atoms with Crippen molar-refractivity contribution in [1.29, 1.82) is 0 Å². The van der Waals surface area contributed by atoms with Crippen molar-refractivity contribution in [2.24, 2.45) is 0 Å². The molecular formula is C31H33N3O5S. The summed E-state index contributed by atoms with van der Waals surface area (Å²) in [5.74, 6) is -1.64. The Kier molecular flexibility index (Phi) is 8.02. The van der Waals surface area contributed by atoms with E-state index in [1.54, 1.807) is 12.1 Å². The zero-order valence-electron chi connectivity index (χ0n) is 22.5. The lowest BCUT2D eigenvalue weighted by atomic mass is 10.0. The molecule has 1 aliphatic carbocycles. The molecule has 3 aromatic rings. The van der Waals surface area contributed by atoms with Crippen LogP contribution >= 0.6 is 0 Å². The number of carbonyl (C=O) groups excluding carboxylic acids is 3. The van der Waals surface area contributed by atoms with E-state index in [2.05, 4.69) is 5.32 Å². The third kappa shape index (κ3) is 5.65. The van der Waals surface area contributed by atoms with Gasteiger partial charge >= 0.3 is 0 Å². The maximum atomic E-state index is 14.1. The van der Waals surface area contributed by atoms with Crippen molar-refractivity contribution in [1.82, 2.24) is 14.5 Å². The molecule has 1 unspecified atom stereocenters. The third-order valence-electron chi connectivity index (χ3n) is 7.77. The molecular weight excluding hydrogens is 526 g/mol. The van der Waals surface area contributed by atoms with E-state index in [9.17, 15) is 22.8 Å². The molecule has 3 aromatic carbocycles. The van der Waals surface area contributed by atoms with Gasteiger partial charge in [-0.15, -0.1) is 0 Å². The first kappa shape index (κ1) is 27.6. The van der Waals surface area contributed by atoms with Gasteiger partial charge < -0.3 is 10.2 Å². The predicted octanol–water partition coefficient (Wildman–Crippen LogP) is 3.84. The average Bonchev–Trinajstić information content (AvgIpc) is 3.53. The van der Waals surface area contributed by atoms with E-state index in [1.165, 1.54) is 17.0 Å². The lowest BCUT2D eigenvalue weighted by molar-refractivity contribution is -0.141. The van der Waals surface area contributed by atoms with Gasteiger partial charge in [0.15, 0.2) is 0 Å². The van der Waals surface area contributed by atoms with Crippen LogP contribution in [-0.4, -0.2) is 54.0 Å². The minimum absolute atomic E-state index is 0.0382. The molecule has 1 fully saturated rings. The molecule has 1 saturated carbocycles. The maximum absolute atomic E-state index is 14.1. The average molecular weight is 560 g/mol. The maximum Gasteiger partial charge on any atom is 0.269 e. The fraction of sp³-hybridized carbons (Fsp3) is 0.323. The number of carbonyl (C=O) groups is 3. The van der Waals surface area contributed by atoms with Crippen LogP contribution in [0.5, 0.6) is 0 Å². The molecule has 0 saturated heterocycles. The van der Waals surface area contributed by atoms with Crippen LogP contribution in [-0.2, 0) is 32.6 Å². The number of amides is 3. The molecule has 1 heterocycles. The first-order chi connectivity index (χ1) is 19.3. The fourth-order valence-electron chi connectivity index (χ4n) is 5.49. The number of fused-ring (bicyclic) bond motifs is 1.